The third kappa shape index (κ3) is 4.32. The molecular formula is C18H21N3O2. The number of hydrazone groups is 1. The molecule has 0 aromatic heterocycles. The summed E-state index contributed by atoms with van der Waals surface area (Å²) in [5, 5.41) is 13.5. The Hall–Kier alpha value is -2.82. The SMILES string of the molecule is CCN(CC)c1ccc(C=NNC(=O)c2ccccc2O)cc1. The van der Waals surface area contributed by atoms with Gasteiger partial charge in [0.1, 0.15) is 5.75 Å². The Morgan fingerprint density at radius 2 is 1.78 bits per heavy atom. The van der Waals surface area contributed by atoms with Crippen molar-refractivity contribution < 1.29 is 9.90 Å². The summed E-state index contributed by atoms with van der Waals surface area (Å²) in [6.07, 6.45) is 1.57. The van der Waals surface area contributed by atoms with Gasteiger partial charge in [-0.1, -0.05) is 24.3 Å². The molecule has 0 aliphatic rings. The number of aromatic hydroxyl groups is 1. The zero-order chi connectivity index (χ0) is 16.7. The van der Waals surface area contributed by atoms with E-state index < -0.39 is 5.91 Å². The highest BCUT2D eigenvalue weighted by Gasteiger charge is 2.08. The number of nitrogens with zero attached hydrogens (tertiary/aromatic N) is 2. The van der Waals surface area contributed by atoms with Crippen molar-refractivity contribution in [3.05, 3.63) is 59.7 Å². The summed E-state index contributed by atoms with van der Waals surface area (Å²) >= 11 is 0. The third-order valence-corrected chi connectivity index (χ3v) is 3.55. The minimum absolute atomic E-state index is 0.0659. The van der Waals surface area contributed by atoms with Gasteiger partial charge in [0, 0.05) is 18.8 Å². The van der Waals surface area contributed by atoms with Crippen LogP contribution in [0.15, 0.2) is 53.6 Å². The number of benzene rings is 2. The number of rotatable bonds is 6. The van der Waals surface area contributed by atoms with E-state index in [2.05, 4.69) is 29.3 Å². The summed E-state index contributed by atoms with van der Waals surface area (Å²) in [7, 11) is 0. The second-order valence-electron chi connectivity index (χ2n) is 4.98. The lowest BCUT2D eigenvalue weighted by Gasteiger charge is -2.20. The maximum absolute atomic E-state index is 11.9. The number of carbonyl (C=O) groups excluding carboxylic acids is 1. The summed E-state index contributed by atoms with van der Waals surface area (Å²) in [6, 6.07) is 14.3. The molecule has 0 saturated carbocycles. The molecular weight excluding hydrogens is 290 g/mol. The van der Waals surface area contributed by atoms with Gasteiger partial charge >= 0.3 is 0 Å². The maximum Gasteiger partial charge on any atom is 0.275 e. The summed E-state index contributed by atoms with van der Waals surface area (Å²) < 4.78 is 0. The van der Waals surface area contributed by atoms with E-state index in [1.54, 1.807) is 24.4 Å². The summed E-state index contributed by atoms with van der Waals surface area (Å²) in [5.41, 5.74) is 4.65. The average Bonchev–Trinajstić information content (AvgIpc) is 2.57. The van der Waals surface area contributed by atoms with E-state index in [0.717, 1.165) is 24.3 Å². The number of hydrogen-bond acceptors (Lipinski definition) is 4. The Labute approximate surface area is 136 Å². The molecule has 0 saturated heterocycles. The van der Waals surface area contributed by atoms with Crippen molar-refractivity contribution in [3.8, 4) is 5.75 Å². The molecule has 5 nitrogen and oxygen atoms in total. The smallest absolute Gasteiger partial charge is 0.275 e. The molecule has 0 aliphatic heterocycles. The zero-order valence-electron chi connectivity index (χ0n) is 13.4. The second-order valence-corrected chi connectivity index (χ2v) is 4.98. The lowest BCUT2D eigenvalue weighted by molar-refractivity contribution is 0.0952. The van der Waals surface area contributed by atoms with E-state index in [-0.39, 0.29) is 11.3 Å². The highest BCUT2D eigenvalue weighted by atomic mass is 16.3. The average molecular weight is 311 g/mol. The van der Waals surface area contributed by atoms with Gasteiger partial charge in [0.15, 0.2) is 0 Å². The first-order valence-corrected chi connectivity index (χ1v) is 7.62. The monoisotopic (exact) mass is 311 g/mol. The normalized spacial score (nSPS) is 10.7. The Morgan fingerprint density at radius 1 is 1.13 bits per heavy atom. The van der Waals surface area contributed by atoms with Crippen molar-refractivity contribution in [2.24, 2.45) is 5.10 Å². The number of hydrogen-bond donors (Lipinski definition) is 2. The molecule has 2 rings (SSSR count). The number of para-hydroxylation sites is 1. The van der Waals surface area contributed by atoms with Crippen LogP contribution in [0, 0.1) is 0 Å². The summed E-state index contributed by atoms with van der Waals surface area (Å²) in [5.74, 6) is -0.511. The zero-order valence-corrected chi connectivity index (χ0v) is 13.4. The van der Waals surface area contributed by atoms with E-state index >= 15 is 0 Å². The van der Waals surface area contributed by atoms with Crippen LogP contribution >= 0.6 is 0 Å². The second kappa shape index (κ2) is 7.98. The Balaban J connectivity index is 1.98. The largest absolute Gasteiger partial charge is 0.507 e. The topological polar surface area (TPSA) is 64.9 Å². The molecule has 0 aliphatic carbocycles. The van der Waals surface area contributed by atoms with Gasteiger partial charge in [0.2, 0.25) is 0 Å². The van der Waals surface area contributed by atoms with E-state index in [1.165, 1.54) is 6.07 Å². The van der Waals surface area contributed by atoms with Crippen LogP contribution < -0.4 is 10.3 Å². The lowest BCUT2D eigenvalue weighted by Crippen LogP contribution is -2.21. The van der Waals surface area contributed by atoms with Crippen molar-refractivity contribution in [2.45, 2.75) is 13.8 Å². The fourth-order valence-corrected chi connectivity index (χ4v) is 2.25. The van der Waals surface area contributed by atoms with Crippen molar-refractivity contribution in [1.29, 1.82) is 0 Å². The van der Waals surface area contributed by atoms with Crippen LogP contribution in [-0.2, 0) is 0 Å². The molecule has 0 heterocycles. The van der Waals surface area contributed by atoms with Gasteiger partial charge in [-0.25, -0.2) is 5.43 Å². The number of phenols is 1. The minimum atomic E-state index is -0.445. The van der Waals surface area contributed by atoms with E-state index in [0.29, 0.717) is 0 Å². The highest BCUT2D eigenvalue weighted by molar-refractivity contribution is 5.97. The summed E-state index contributed by atoms with van der Waals surface area (Å²) in [4.78, 5) is 14.1. The number of anilines is 1. The van der Waals surface area contributed by atoms with Crippen LogP contribution in [0.1, 0.15) is 29.8 Å². The van der Waals surface area contributed by atoms with Crippen molar-refractivity contribution >= 4 is 17.8 Å². The van der Waals surface area contributed by atoms with Gasteiger partial charge in [0.05, 0.1) is 11.8 Å². The molecule has 0 spiro atoms. The van der Waals surface area contributed by atoms with Gasteiger partial charge in [0.25, 0.3) is 5.91 Å². The fraction of sp³-hybridized carbons (Fsp3) is 0.222. The van der Waals surface area contributed by atoms with E-state index in [1.807, 2.05) is 24.3 Å². The van der Waals surface area contributed by atoms with Crippen LogP contribution in [0.2, 0.25) is 0 Å². The number of nitrogens with one attached hydrogen (secondary N) is 1. The molecule has 2 N–H and O–H groups in total. The molecule has 5 heteroatoms. The maximum atomic E-state index is 11.9. The first-order chi connectivity index (χ1) is 11.2. The van der Waals surface area contributed by atoms with Gasteiger partial charge in [-0.2, -0.15) is 5.10 Å². The van der Waals surface area contributed by atoms with Crippen LogP contribution in [0.3, 0.4) is 0 Å². The van der Waals surface area contributed by atoms with Gasteiger partial charge in [-0.3, -0.25) is 4.79 Å². The van der Waals surface area contributed by atoms with Gasteiger partial charge in [-0.15, -0.1) is 0 Å². The quantitative estimate of drug-likeness (QED) is 0.636. The van der Waals surface area contributed by atoms with E-state index in [4.69, 9.17) is 0 Å². The Morgan fingerprint density at radius 3 is 2.39 bits per heavy atom. The van der Waals surface area contributed by atoms with Crippen LogP contribution in [0.4, 0.5) is 5.69 Å². The predicted octanol–water partition coefficient (Wildman–Crippen LogP) is 3.00. The Kier molecular flexibility index (Phi) is 5.74. The van der Waals surface area contributed by atoms with Gasteiger partial charge < -0.3 is 10.0 Å². The van der Waals surface area contributed by atoms with Gasteiger partial charge in [-0.05, 0) is 43.7 Å². The number of phenolic OH excluding ortho intramolecular Hbond substituents is 1. The predicted molar refractivity (Wildman–Crippen MR) is 93.2 cm³/mol. The first-order valence-electron chi connectivity index (χ1n) is 7.62. The van der Waals surface area contributed by atoms with Crippen LogP contribution in [-0.4, -0.2) is 30.3 Å². The first kappa shape index (κ1) is 16.5. The molecule has 2 aromatic rings. The standard InChI is InChI=1S/C18H21N3O2/c1-3-21(4-2)15-11-9-14(10-12-15)13-19-20-18(23)16-7-5-6-8-17(16)22/h5-13,22H,3-4H2,1-2H3,(H,20,23). The van der Waals surface area contributed by atoms with Crippen molar-refractivity contribution in [3.63, 3.8) is 0 Å². The van der Waals surface area contributed by atoms with Crippen LogP contribution in [0.5, 0.6) is 5.75 Å². The van der Waals surface area contributed by atoms with Crippen molar-refractivity contribution in [2.75, 3.05) is 18.0 Å². The molecule has 0 atom stereocenters. The molecule has 1 amide bonds. The van der Waals surface area contributed by atoms with Crippen LogP contribution in [0.25, 0.3) is 0 Å². The summed E-state index contributed by atoms with van der Waals surface area (Å²) in [6.45, 7) is 6.15. The number of carbonyl (C=O) groups is 1. The molecule has 23 heavy (non-hydrogen) atoms. The highest BCUT2D eigenvalue weighted by Crippen LogP contribution is 2.15. The number of amides is 1. The Bertz CT molecular complexity index is 677. The molecule has 0 unspecified atom stereocenters. The third-order valence-electron chi connectivity index (χ3n) is 3.55. The lowest BCUT2D eigenvalue weighted by atomic mass is 10.2. The van der Waals surface area contributed by atoms with E-state index in [9.17, 15) is 9.90 Å². The minimum Gasteiger partial charge on any atom is -0.507 e. The molecule has 120 valence electrons. The van der Waals surface area contributed by atoms with Crippen molar-refractivity contribution in [1.82, 2.24) is 5.43 Å². The molecule has 0 radical (unpaired) electrons. The molecule has 0 fully saturated rings. The molecule has 0 bridgehead atoms. The molecule has 2 aromatic carbocycles. The fourth-order valence-electron chi connectivity index (χ4n) is 2.25.